The van der Waals surface area contributed by atoms with Crippen LogP contribution in [-0.2, 0) is 9.47 Å². The molecular weight excluding hydrogens is 324 g/mol. The van der Waals surface area contributed by atoms with E-state index in [0.717, 1.165) is 37.1 Å². The second kappa shape index (κ2) is 6.37. The summed E-state index contributed by atoms with van der Waals surface area (Å²) in [6.45, 7) is 0. The van der Waals surface area contributed by atoms with Gasteiger partial charge in [0.25, 0.3) is 0 Å². The molecule has 2 rings (SSSR count). The molecule has 0 unspecified atom stereocenters. The second-order valence-corrected chi connectivity index (χ2v) is 4.53. The summed E-state index contributed by atoms with van der Waals surface area (Å²) in [6, 6.07) is 3.44. The van der Waals surface area contributed by atoms with Crippen LogP contribution in [0.3, 0.4) is 0 Å². The first-order valence-electron chi connectivity index (χ1n) is 6.43. The smallest absolute Gasteiger partial charge is 0.357 e. The molecule has 0 fully saturated rings. The lowest BCUT2D eigenvalue weighted by atomic mass is 10.1. The zero-order valence-corrected chi connectivity index (χ0v) is 12.6. The van der Waals surface area contributed by atoms with Crippen molar-refractivity contribution < 1.29 is 27.8 Å². The van der Waals surface area contributed by atoms with Crippen LogP contribution in [-0.4, -0.2) is 30.7 Å². The molecule has 9 heteroatoms. The van der Waals surface area contributed by atoms with Crippen molar-refractivity contribution in [2.24, 2.45) is 0 Å². The Bertz CT molecular complexity index is 884. The van der Waals surface area contributed by atoms with Gasteiger partial charge in [0.05, 0.1) is 36.7 Å². The number of nitrogens with zero attached hydrogens (tertiary/aromatic N) is 2. The molecular formula is C15H11F2N3O4. The third-order valence-electron chi connectivity index (χ3n) is 3.26. The third kappa shape index (κ3) is 2.54. The summed E-state index contributed by atoms with van der Waals surface area (Å²) in [5.41, 5.74) is 3.85. The number of methoxy groups -OCH3 is 2. The number of rotatable bonds is 3. The summed E-state index contributed by atoms with van der Waals surface area (Å²) in [6.07, 6.45) is 1.01. The number of nitrogens with two attached hydrogens (primary N) is 1. The molecule has 0 radical (unpaired) electrons. The number of hydrogen-bond donors (Lipinski definition) is 1. The molecule has 0 bridgehead atoms. The average molecular weight is 335 g/mol. The van der Waals surface area contributed by atoms with Crippen molar-refractivity contribution in [3.8, 4) is 11.8 Å². The average Bonchev–Trinajstić information content (AvgIpc) is 2.91. The maximum Gasteiger partial charge on any atom is 0.357 e. The number of ether oxygens (including phenoxy) is 2. The van der Waals surface area contributed by atoms with Crippen molar-refractivity contribution in [1.82, 2.24) is 4.57 Å². The molecule has 0 aliphatic rings. The molecule has 0 amide bonds. The predicted octanol–water partition coefficient (Wildman–Crippen LogP) is 1.78. The molecule has 0 saturated heterocycles. The lowest BCUT2D eigenvalue weighted by Gasteiger charge is -2.13. The fraction of sp³-hybridized carbons (Fsp3) is 0.133. The predicted molar refractivity (Wildman–Crippen MR) is 77.5 cm³/mol. The highest BCUT2D eigenvalue weighted by Gasteiger charge is 2.28. The Morgan fingerprint density at radius 2 is 1.83 bits per heavy atom. The Kier molecular flexibility index (Phi) is 4.50. The molecule has 1 heterocycles. The molecule has 2 aromatic rings. The highest BCUT2D eigenvalue weighted by atomic mass is 19.2. The summed E-state index contributed by atoms with van der Waals surface area (Å²) in [4.78, 5) is 23.8. The summed E-state index contributed by atoms with van der Waals surface area (Å²) in [5, 5.41) is 9.05. The van der Waals surface area contributed by atoms with Crippen molar-refractivity contribution in [3.63, 3.8) is 0 Å². The number of aromatic nitrogens is 1. The van der Waals surface area contributed by atoms with Crippen molar-refractivity contribution in [3.05, 3.63) is 46.8 Å². The highest BCUT2D eigenvalue weighted by Crippen LogP contribution is 2.29. The summed E-state index contributed by atoms with van der Waals surface area (Å²) < 4.78 is 37.9. The molecule has 0 saturated carbocycles. The molecule has 24 heavy (non-hydrogen) atoms. The standard InChI is InChI=1S/C15H11F2N3O4/c1-23-14(21)8-3-4-9(16)10(17)12(8)20-6-7(5-18)11(19)13(20)15(22)24-2/h3-4,6H,19H2,1-2H3. The van der Waals surface area contributed by atoms with Gasteiger partial charge in [-0.2, -0.15) is 5.26 Å². The summed E-state index contributed by atoms with van der Waals surface area (Å²) in [5.74, 6) is -4.64. The van der Waals surface area contributed by atoms with Gasteiger partial charge < -0.3 is 19.8 Å². The normalized spacial score (nSPS) is 10.1. The molecule has 0 atom stereocenters. The number of benzene rings is 1. The van der Waals surface area contributed by atoms with E-state index in [-0.39, 0.29) is 16.8 Å². The van der Waals surface area contributed by atoms with Gasteiger partial charge in [-0.3, -0.25) is 0 Å². The molecule has 7 nitrogen and oxygen atoms in total. The van der Waals surface area contributed by atoms with Crippen molar-refractivity contribution in [2.75, 3.05) is 20.0 Å². The maximum atomic E-state index is 14.4. The first-order valence-corrected chi connectivity index (χ1v) is 6.43. The van der Waals surface area contributed by atoms with Gasteiger partial charge in [-0.15, -0.1) is 0 Å². The van der Waals surface area contributed by atoms with Gasteiger partial charge in [0.2, 0.25) is 0 Å². The summed E-state index contributed by atoms with van der Waals surface area (Å²) >= 11 is 0. The van der Waals surface area contributed by atoms with Crippen LogP contribution in [0.1, 0.15) is 26.4 Å². The lowest BCUT2D eigenvalue weighted by Crippen LogP contribution is -2.16. The van der Waals surface area contributed by atoms with E-state index in [1.807, 2.05) is 0 Å². The third-order valence-corrected chi connectivity index (χ3v) is 3.26. The van der Waals surface area contributed by atoms with Gasteiger partial charge in [0.1, 0.15) is 6.07 Å². The van der Waals surface area contributed by atoms with Crippen LogP contribution in [0.5, 0.6) is 0 Å². The number of carbonyl (C=O) groups is 2. The van der Waals surface area contributed by atoms with E-state index in [4.69, 9.17) is 11.0 Å². The van der Waals surface area contributed by atoms with Crippen LogP contribution in [0.25, 0.3) is 5.69 Å². The van der Waals surface area contributed by atoms with Crippen molar-refractivity contribution in [1.29, 1.82) is 5.26 Å². The first-order chi connectivity index (χ1) is 11.4. The number of carbonyl (C=O) groups excluding carboxylic acids is 2. The van der Waals surface area contributed by atoms with Crippen LogP contribution in [0.2, 0.25) is 0 Å². The Morgan fingerprint density at radius 3 is 2.38 bits per heavy atom. The van der Waals surface area contributed by atoms with E-state index in [9.17, 15) is 18.4 Å². The second-order valence-electron chi connectivity index (χ2n) is 4.53. The monoisotopic (exact) mass is 335 g/mol. The van der Waals surface area contributed by atoms with Crippen LogP contribution < -0.4 is 5.73 Å². The van der Waals surface area contributed by atoms with Gasteiger partial charge >= 0.3 is 11.9 Å². The molecule has 0 aliphatic heterocycles. The van der Waals surface area contributed by atoms with E-state index < -0.39 is 35.0 Å². The van der Waals surface area contributed by atoms with Crippen LogP contribution in [0.4, 0.5) is 14.5 Å². The summed E-state index contributed by atoms with van der Waals surface area (Å²) in [7, 11) is 2.10. The number of anilines is 1. The number of halogens is 2. The molecule has 1 aromatic heterocycles. The van der Waals surface area contributed by atoms with E-state index in [2.05, 4.69) is 9.47 Å². The van der Waals surface area contributed by atoms with Gasteiger partial charge in [-0.1, -0.05) is 0 Å². The lowest BCUT2D eigenvalue weighted by molar-refractivity contribution is 0.0581. The van der Waals surface area contributed by atoms with Crippen LogP contribution in [0.15, 0.2) is 18.3 Å². The fourth-order valence-corrected chi connectivity index (χ4v) is 2.14. The quantitative estimate of drug-likeness (QED) is 0.857. The Balaban J connectivity index is 2.92. The van der Waals surface area contributed by atoms with E-state index >= 15 is 0 Å². The fourth-order valence-electron chi connectivity index (χ4n) is 2.14. The Hall–Kier alpha value is -3.41. The number of nitriles is 1. The van der Waals surface area contributed by atoms with Gasteiger partial charge in [-0.05, 0) is 12.1 Å². The first kappa shape index (κ1) is 17.0. The Morgan fingerprint density at radius 1 is 1.21 bits per heavy atom. The van der Waals surface area contributed by atoms with E-state index in [0.29, 0.717) is 0 Å². The van der Waals surface area contributed by atoms with E-state index in [1.54, 1.807) is 6.07 Å². The minimum atomic E-state index is -1.41. The molecule has 0 aliphatic carbocycles. The minimum Gasteiger partial charge on any atom is -0.465 e. The van der Waals surface area contributed by atoms with Crippen LogP contribution >= 0.6 is 0 Å². The van der Waals surface area contributed by atoms with Crippen LogP contribution in [0, 0.1) is 23.0 Å². The van der Waals surface area contributed by atoms with Crippen molar-refractivity contribution in [2.45, 2.75) is 0 Å². The SMILES string of the molecule is COC(=O)c1ccc(F)c(F)c1-n1cc(C#N)c(N)c1C(=O)OC. The van der Waals surface area contributed by atoms with Gasteiger partial charge in [0, 0.05) is 6.20 Å². The van der Waals surface area contributed by atoms with Crippen molar-refractivity contribution >= 4 is 17.6 Å². The number of esters is 2. The zero-order valence-electron chi connectivity index (χ0n) is 12.6. The number of nitrogen functional groups attached to an aromatic ring is 1. The van der Waals surface area contributed by atoms with Gasteiger partial charge in [-0.25, -0.2) is 18.4 Å². The largest absolute Gasteiger partial charge is 0.465 e. The van der Waals surface area contributed by atoms with Gasteiger partial charge in [0.15, 0.2) is 17.3 Å². The topological polar surface area (TPSA) is 107 Å². The molecule has 2 N–H and O–H groups in total. The Labute approximate surface area is 134 Å². The van der Waals surface area contributed by atoms with E-state index in [1.165, 1.54) is 0 Å². The molecule has 124 valence electrons. The highest BCUT2D eigenvalue weighted by molar-refractivity contribution is 5.98. The minimum absolute atomic E-state index is 0.171. The number of hydrogen-bond acceptors (Lipinski definition) is 6. The maximum absolute atomic E-state index is 14.4. The zero-order chi connectivity index (χ0) is 18.0. The molecule has 0 spiro atoms. The molecule has 1 aromatic carbocycles.